The van der Waals surface area contributed by atoms with Gasteiger partial charge in [0.25, 0.3) is 0 Å². The first-order valence-electron chi connectivity index (χ1n) is 8.13. The molecule has 0 radical (unpaired) electrons. The predicted octanol–water partition coefficient (Wildman–Crippen LogP) is 3.67. The Kier molecular flexibility index (Phi) is 4.25. The summed E-state index contributed by atoms with van der Waals surface area (Å²) in [6.45, 7) is 2.65. The zero-order valence-electron chi connectivity index (χ0n) is 13.4. The number of halogens is 3. The van der Waals surface area contributed by atoms with Crippen molar-refractivity contribution in [3.05, 3.63) is 18.0 Å². The first kappa shape index (κ1) is 16.5. The largest absolute Gasteiger partial charge is 0.433 e. The number of aromatic nitrogens is 2. The van der Waals surface area contributed by atoms with E-state index in [9.17, 15) is 13.2 Å². The van der Waals surface area contributed by atoms with Crippen molar-refractivity contribution in [3.63, 3.8) is 0 Å². The van der Waals surface area contributed by atoms with Crippen molar-refractivity contribution in [3.8, 4) is 0 Å². The van der Waals surface area contributed by atoms with E-state index in [1.165, 1.54) is 6.20 Å². The molecular formula is C16H22F3N3O. The molecule has 2 atom stereocenters. The Balaban J connectivity index is 1.82. The van der Waals surface area contributed by atoms with Crippen molar-refractivity contribution in [2.24, 2.45) is 5.41 Å². The second kappa shape index (κ2) is 5.92. The number of nitrogens with zero attached hydrogens (tertiary/aromatic N) is 3. The molecule has 2 aliphatic carbocycles. The van der Waals surface area contributed by atoms with Gasteiger partial charge in [0.2, 0.25) is 5.95 Å². The highest BCUT2D eigenvalue weighted by atomic mass is 19.4. The van der Waals surface area contributed by atoms with Crippen LogP contribution in [0.2, 0.25) is 0 Å². The van der Waals surface area contributed by atoms with E-state index in [1.54, 1.807) is 7.05 Å². The molecule has 4 nitrogen and oxygen atoms in total. The molecule has 0 amide bonds. The number of alkyl halides is 3. The second-order valence-electron chi connectivity index (χ2n) is 6.49. The first-order valence-corrected chi connectivity index (χ1v) is 8.13. The molecule has 0 aromatic carbocycles. The molecule has 0 aliphatic heterocycles. The molecule has 1 heterocycles. The van der Waals surface area contributed by atoms with E-state index in [0.717, 1.165) is 38.2 Å². The Morgan fingerprint density at radius 1 is 1.35 bits per heavy atom. The summed E-state index contributed by atoms with van der Waals surface area (Å²) in [7, 11) is 1.79. The molecular weight excluding hydrogens is 307 g/mol. The lowest BCUT2D eigenvalue weighted by Crippen LogP contribution is -2.63. The zero-order valence-corrected chi connectivity index (χ0v) is 13.4. The third kappa shape index (κ3) is 2.79. The Morgan fingerprint density at radius 3 is 2.65 bits per heavy atom. The third-order valence-corrected chi connectivity index (χ3v) is 5.36. The monoisotopic (exact) mass is 329 g/mol. The zero-order chi connectivity index (χ0) is 16.7. The van der Waals surface area contributed by atoms with Gasteiger partial charge in [-0.2, -0.15) is 13.2 Å². The van der Waals surface area contributed by atoms with Crippen LogP contribution < -0.4 is 4.90 Å². The average Bonchev–Trinajstić information content (AvgIpc) is 3.02. The van der Waals surface area contributed by atoms with Crippen molar-refractivity contribution in [1.82, 2.24) is 9.97 Å². The van der Waals surface area contributed by atoms with Crippen molar-refractivity contribution >= 4 is 5.95 Å². The maximum atomic E-state index is 12.9. The maximum absolute atomic E-state index is 12.9. The van der Waals surface area contributed by atoms with Gasteiger partial charge in [-0.25, -0.2) is 9.97 Å². The molecule has 0 bridgehead atoms. The summed E-state index contributed by atoms with van der Waals surface area (Å²) in [5.74, 6) is 0.144. The molecule has 2 aliphatic rings. The Bertz CT molecular complexity index is 558. The van der Waals surface area contributed by atoms with Crippen LogP contribution in [0.25, 0.3) is 0 Å². The van der Waals surface area contributed by atoms with Gasteiger partial charge in [0, 0.05) is 31.3 Å². The van der Waals surface area contributed by atoms with E-state index < -0.39 is 11.9 Å². The fraction of sp³-hybridized carbons (Fsp3) is 0.750. The number of hydrogen-bond acceptors (Lipinski definition) is 4. The van der Waals surface area contributed by atoms with E-state index in [1.807, 2.05) is 11.8 Å². The molecule has 23 heavy (non-hydrogen) atoms. The molecule has 0 saturated heterocycles. The lowest BCUT2D eigenvalue weighted by Gasteiger charge is -2.57. The van der Waals surface area contributed by atoms with Crippen molar-refractivity contribution < 1.29 is 17.9 Å². The SMILES string of the molecule is CCOC1CC(N(C)c2nccc(C(F)(F)F)n2)C12CCCC2. The maximum Gasteiger partial charge on any atom is 0.433 e. The van der Waals surface area contributed by atoms with Gasteiger partial charge in [-0.1, -0.05) is 12.8 Å². The fourth-order valence-corrected chi connectivity index (χ4v) is 4.21. The minimum absolute atomic E-state index is 0.0440. The fourth-order valence-electron chi connectivity index (χ4n) is 4.21. The Labute approximate surface area is 134 Å². The van der Waals surface area contributed by atoms with Gasteiger partial charge in [-0.05, 0) is 32.3 Å². The number of ether oxygens (including phenoxy) is 1. The molecule has 7 heteroatoms. The van der Waals surface area contributed by atoms with Crippen molar-refractivity contribution in [2.75, 3.05) is 18.6 Å². The van der Waals surface area contributed by atoms with E-state index in [0.29, 0.717) is 6.61 Å². The number of anilines is 1. The number of hydrogen-bond donors (Lipinski definition) is 0. The van der Waals surface area contributed by atoms with Gasteiger partial charge in [-0.3, -0.25) is 0 Å². The van der Waals surface area contributed by atoms with Gasteiger partial charge < -0.3 is 9.64 Å². The molecule has 0 N–H and O–H groups in total. The summed E-state index contributed by atoms with van der Waals surface area (Å²) in [5.41, 5.74) is -0.849. The quantitative estimate of drug-likeness (QED) is 0.845. The van der Waals surface area contributed by atoms with E-state index in [2.05, 4.69) is 9.97 Å². The van der Waals surface area contributed by atoms with Crippen LogP contribution in [-0.4, -0.2) is 35.8 Å². The van der Waals surface area contributed by atoms with Crippen LogP contribution in [0.15, 0.2) is 12.3 Å². The molecule has 1 aromatic rings. The van der Waals surface area contributed by atoms with Crippen LogP contribution in [-0.2, 0) is 10.9 Å². The van der Waals surface area contributed by atoms with Crippen molar-refractivity contribution in [1.29, 1.82) is 0 Å². The minimum Gasteiger partial charge on any atom is -0.378 e. The summed E-state index contributed by atoms with van der Waals surface area (Å²) in [4.78, 5) is 9.59. The van der Waals surface area contributed by atoms with Gasteiger partial charge in [0.05, 0.1) is 6.10 Å². The molecule has 2 unspecified atom stereocenters. The molecule has 2 fully saturated rings. The second-order valence-corrected chi connectivity index (χ2v) is 6.49. The predicted molar refractivity (Wildman–Crippen MR) is 80.2 cm³/mol. The Hall–Kier alpha value is -1.37. The molecule has 1 spiro atoms. The minimum atomic E-state index is -4.45. The topological polar surface area (TPSA) is 38.2 Å². The Morgan fingerprint density at radius 2 is 2.04 bits per heavy atom. The van der Waals surface area contributed by atoms with Gasteiger partial charge in [-0.15, -0.1) is 0 Å². The van der Waals surface area contributed by atoms with Crippen LogP contribution in [0, 0.1) is 5.41 Å². The molecule has 2 saturated carbocycles. The van der Waals surface area contributed by atoms with Crippen LogP contribution in [0.1, 0.15) is 44.7 Å². The van der Waals surface area contributed by atoms with Crippen LogP contribution in [0.3, 0.4) is 0 Å². The molecule has 3 rings (SSSR count). The lowest BCUT2D eigenvalue weighted by molar-refractivity contribution is -0.141. The highest BCUT2D eigenvalue weighted by Crippen LogP contribution is 2.56. The summed E-state index contributed by atoms with van der Waals surface area (Å²) in [5, 5.41) is 0. The highest BCUT2D eigenvalue weighted by molar-refractivity contribution is 5.35. The summed E-state index contributed by atoms with van der Waals surface area (Å²) < 4.78 is 44.4. The van der Waals surface area contributed by atoms with E-state index in [-0.39, 0.29) is 23.5 Å². The number of rotatable bonds is 4. The summed E-state index contributed by atoms with van der Waals surface area (Å²) >= 11 is 0. The van der Waals surface area contributed by atoms with Crippen LogP contribution in [0.5, 0.6) is 0 Å². The van der Waals surface area contributed by atoms with E-state index >= 15 is 0 Å². The smallest absolute Gasteiger partial charge is 0.378 e. The van der Waals surface area contributed by atoms with Gasteiger partial charge in [0.15, 0.2) is 0 Å². The average molecular weight is 329 g/mol. The third-order valence-electron chi connectivity index (χ3n) is 5.36. The summed E-state index contributed by atoms with van der Waals surface area (Å²) in [6.07, 6.45) is 2.18. The standard InChI is InChI=1S/C16H22F3N3O/c1-3-23-13-10-12(15(13)7-4-5-8-15)22(2)14-20-9-6-11(21-14)16(17,18)19/h6,9,12-13H,3-5,7-8,10H2,1-2H3. The first-order chi connectivity index (χ1) is 10.9. The lowest BCUT2D eigenvalue weighted by atomic mass is 9.60. The van der Waals surface area contributed by atoms with Crippen LogP contribution in [0.4, 0.5) is 19.1 Å². The van der Waals surface area contributed by atoms with Crippen molar-refractivity contribution in [2.45, 2.75) is 57.3 Å². The van der Waals surface area contributed by atoms with Gasteiger partial charge >= 0.3 is 6.18 Å². The molecule has 1 aromatic heterocycles. The van der Waals surface area contributed by atoms with Crippen LogP contribution >= 0.6 is 0 Å². The normalized spacial score (nSPS) is 26.3. The molecule has 128 valence electrons. The highest BCUT2D eigenvalue weighted by Gasteiger charge is 2.58. The summed E-state index contributed by atoms with van der Waals surface area (Å²) in [6, 6.07) is 1.05. The van der Waals surface area contributed by atoms with E-state index in [4.69, 9.17) is 4.74 Å². The van der Waals surface area contributed by atoms with Gasteiger partial charge in [0.1, 0.15) is 5.69 Å².